The zero-order chi connectivity index (χ0) is 34.9. The Bertz CT molecular complexity index is 1290. The van der Waals surface area contributed by atoms with Crippen molar-refractivity contribution in [3.63, 3.8) is 0 Å². The molecule has 3 aromatic carbocycles. The molecule has 0 saturated heterocycles. The van der Waals surface area contributed by atoms with Crippen LogP contribution in [0.1, 0.15) is 109 Å². The van der Waals surface area contributed by atoms with Gasteiger partial charge in [-0.2, -0.15) is 0 Å². The molecule has 0 radical (unpaired) electrons. The van der Waals surface area contributed by atoms with Crippen LogP contribution in [0, 0.1) is 3.57 Å². The maximum atomic E-state index is 5.48. The number of nitrogens with zero attached hydrogens (tertiary/aromatic N) is 2. The Morgan fingerprint density at radius 3 is 1.65 bits per heavy atom. The zero-order valence-corrected chi connectivity index (χ0v) is 36.0. The minimum Gasteiger partial charge on any atom is -1.00 e. The van der Waals surface area contributed by atoms with Crippen molar-refractivity contribution >= 4 is 56.5 Å². The smallest absolute Gasteiger partial charge is 0.186 e. The number of rotatable bonds is 17. The second-order valence-electron chi connectivity index (χ2n) is 12.4. The fourth-order valence-electron chi connectivity index (χ4n) is 6.00. The van der Waals surface area contributed by atoms with Gasteiger partial charge >= 0.3 is 147 Å². The third kappa shape index (κ3) is 19.3. The molecule has 3 aromatic rings. The molecule has 0 aliphatic carbocycles. The maximum absolute atomic E-state index is 5.48. The van der Waals surface area contributed by atoms with Gasteiger partial charge in [0.15, 0.2) is 5.96 Å². The van der Waals surface area contributed by atoms with Crippen LogP contribution in [-0.4, -0.2) is 30.3 Å². The van der Waals surface area contributed by atoms with Crippen molar-refractivity contribution in [2.24, 2.45) is 32.9 Å². The zero-order valence-electron chi connectivity index (χ0n) is 30.2. The minimum atomic E-state index is -2.30. The van der Waals surface area contributed by atoms with Crippen molar-refractivity contribution in [2.75, 3.05) is 0 Å². The van der Waals surface area contributed by atoms with E-state index in [0.29, 0.717) is 13.1 Å². The van der Waals surface area contributed by atoms with E-state index in [-0.39, 0.29) is 24.3 Å². The molecule has 9 heteroatoms. The number of guanidine groups is 2. The summed E-state index contributed by atoms with van der Waals surface area (Å²) in [5, 5.41) is 0. The number of hydrogen-bond acceptors (Lipinski definition) is 2. The van der Waals surface area contributed by atoms with Crippen molar-refractivity contribution < 1.29 is 12.4 Å². The van der Waals surface area contributed by atoms with Crippen molar-refractivity contribution in [1.82, 2.24) is 0 Å². The first-order chi connectivity index (χ1) is 22.6. The van der Waals surface area contributed by atoms with Gasteiger partial charge in [-0.25, -0.2) is 4.99 Å². The van der Waals surface area contributed by atoms with Gasteiger partial charge < -0.3 is 23.9 Å². The number of hydrogen-bond donors (Lipinski definition) is 4. The molecule has 0 fully saturated rings. The monoisotopic (exact) mass is 897 g/mol. The predicted molar refractivity (Wildman–Crippen MR) is 219 cm³/mol. The fraction of sp³-hybridized carbons (Fsp3) is 0.487. The van der Waals surface area contributed by atoms with E-state index >= 15 is 0 Å². The van der Waals surface area contributed by atoms with Crippen molar-refractivity contribution in [3.8, 4) is 0 Å². The normalized spacial score (nSPS) is 11.0. The Balaban J connectivity index is 0.000000746. The molecule has 268 valence electrons. The average Bonchev–Trinajstić information content (AvgIpc) is 3.08. The molecule has 0 aromatic heterocycles. The van der Waals surface area contributed by atoms with E-state index in [0.717, 1.165) is 11.5 Å². The van der Waals surface area contributed by atoms with E-state index < -0.39 is 18.4 Å². The quantitative estimate of drug-likeness (QED) is 0.0560. The van der Waals surface area contributed by atoms with Crippen LogP contribution in [0.5, 0.6) is 0 Å². The van der Waals surface area contributed by atoms with Crippen LogP contribution in [0.25, 0.3) is 0 Å². The van der Waals surface area contributed by atoms with Gasteiger partial charge in [-0.15, -0.1) is 0 Å². The average molecular weight is 897 g/mol. The SMILES string of the molecule is CCCC(CC)c1ccccc1.CCC[CH2][Sn]([CH2]CC)([CH2]CCC)[c]1cccc(CN=C(N)N)c1.NC(N)=NCc1cccc(I)c1.[Cl-]. The van der Waals surface area contributed by atoms with Crippen molar-refractivity contribution in [1.29, 1.82) is 0 Å². The van der Waals surface area contributed by atoms with Crippen LogP contribution in [-0.2, 0) is 13.1 Å². The molecule has 0 aliphatic rings. The summed E-state index contributed by atoms with van der Waals surface area (Å²) >= 11 is -0.0446. The second-order valence-corrected chi connectivity index (χ2v) is 26.8. The molecule has 1 unspecified atom stereocenters. The molecule has 0 bridgehead atoms. The van der Waals surface area contributed by atoms with Crippen LogP contribution in [0.4, 0.5) is 0 Å². The van der Waals surface area contributed by atoms with E-state index in [1.165, 1.54) is 79.4 Å². The molecule has 1 atom stereocenters. The van der Waals surface area contributed by atoms with Gasteiger partial charge in [0, 0.05) is 3.57 Å². The minimum absolute atomic E-state index is 0. The molecule has 0 amide bonds. The van der Waals surface area contributed by atoms with Crippen LogP contribution < -0.4 is 38.9 Å². The number of halogens is 2. The van der Waals surface area contributed by atoms with Gasteiger partial charge in [-0.3, -0.25) is 0 Å². The third-order valence-corrected chi connectivity index (χ3v) is 25.2. The number of nitrogens with two attached hydrogens (primary N) is 4. The summed E-state index contributed by atoms with van der Waals surface area (Å²) in [4.78, 5) is 8.09. The van der Waals surface area contributed by atoms with E-state index in [1.54, 1.807) is 3.58 Å². The summed E-state index contributed by atoms with van der Waals surface area (Å²) in [5.41, 5.74) is 25.3. The molecule has 0 aliphatic heterocycles. The summed E-state index contributed by atoms with van der Waals surface area (Å²) < 4.78 is 7.33. The van der Waals surface area contributed by atoms with E-state index in [4.69, 9.17) is 22.9 Å². The first-order valence-electron chi connectivity index (χ1n) is 17.6. The summed E-state index contributed by atoms with van der Waals surface area (Å²) in [6, 6.07) is 28.1. The molecular formula is C39H63ClIN6Sn-. The van der Waals surface area contributed by atoms with Crippen molar-refractivity contribution in [3.05, 3.63) is 99.1 Å². The first-order valence-corrected chi connectivity index (χ1v) is 26.2. The number of benzene rings is 3. The largest absolute Gasteiger partial charge is 1.00 e. The topological polar surface area (TPSA) is 129 Å². The Hall–Kier alpha value is -1.98. The summed E-state index contributed by atoms with van der Waals surface area (Å²) in [7, 11) is 0. The van der Waals surface area contributed by atoms with Crippen LogP contribution in [0.2, 0.25) is 13.3 Å². The molecule has 48 heavy (non-hydrogen) atoms. The molecule has 3 rings (SSSR count). The summed E-state index contributed by atoms with van der Waals surface area (Å²) in [6.45, 7) is 12.7. The molecule has 8 N–H and O–H groups in total. The molecule has 6 nitrogen and oxygen atoms in total. The van der Waals surface area contributed by atoms with E-state index in [9.17, 15) is 0 Å². The first kappa shape index (κ1) is 46.0. The Labute approximate surface area is 316 Å². The van der Waals surface area contributed by atoms with Crippen LogP contribution >= 0.6 is 22.6 Å². The Morgan fingerprint density at radius 2 is 1.19 bits per heavy atom. The van der Waals surface area contributed by atoms with Gasteiger partial charge in [-0.1, -0.05) is 62.7 Å². The van der Waals surface area contributed by atoms with Gasteiger partial charge in [0.25, 0.3) is 0 Å². The van der Waals surface area contributed by atoms with Crippen LogP contribution in [0.3, 0.4) is 0 Å². The molecule has 0 spiro atoms. The van der Waals surface area contributed by atoms with E-state index in [1.807, 2.05) is 24.3 Å². The van der Waals surface area contributed by atoms with E-state index in [2.05, 4.69) is 122 Å². The Morgan fingerprint density at radius 1 is 0.646 bits per heavy atom. The number of unbranched alkanes of at least 4 members (excludes halogenated alkanes) is 2. The van der Waals surface area contributed by atoms with Gasteiger partial charge in [-0.05, 0) is 64.6 Å². The summed E-state index contributed by atoms with van der Waals surface area (Å²) in [6.07, 6.45) is 10.6. The van der Waals surface area contributed by atoms with Crippen molar-refractivity contribution in [2.45, 2.75) is 118 Å². The molecular weight excluding hydrogens is 834 g/mol. The van der Waals surface area contributed by atoms with Crippen LogP contribution in [0.15, 0.2) is 88.8 Å². The van der Waals surface area contributed by atoms with Gasteiger partial charge in [0.2, 0.25) is 0 Å². The summed E-state index contributed by atoms with van der Waals surface area (Å²) in [5.74, 6) is 1.08. The number of aliphatic imine (C=N–C) groups is 2. The third-order valence-electron chi connectivity index (χ3n) is 8.46. The van der Waals surface area contributed by atoms with Gasteiger partial charge in [0.05, 0.1) is 6.54 Å². The maximum Gasteiger partial charge on any atom is 0.186 e. The predicted octanol–water partition coefficient (Wildman–Crippen LogP) is 6.17. The molecule has 0 heterocycles. The fourth-order valence-corrected chi connectivity index (χ4v) is 22.5. The standard InChI is InChI=1S/C12H18.C8H10IN3.C8H10N3.2C4H9.C3H7.ClH.Sn/c1-3-8-11(4-2)12-9-6-5-7-10-12;9-7-3-1-2-6(4-7)5-12-8(10)11;9-8(10)11-6-7-4-2-1-3-5-7;2*1-3-4-2;1-3-2;;/h5-7,9-11H,3-4,8H2,1-2H3;1-4H,5H2,(H4,10,11,12);1-2,4-5H,6H2,(H4,9,10,11);2*1,3-4H2,2H3;1,3H2,2H3;1H;/p-1. The second kappa shape index (κ2) is 27.8. The molecule has 0 saturated carbocycles. The Kier molecular flexibility index (Phi) is 26.6. The van der Waals surface area contributed by atoms with Gasteiger partial charge in [0.1, 0.15) is 0 Å².